The molecule has 0 aliphatic carbocycles. The number of fused-ring (bicyclic) bond motifs is 2. The molecule has 1 N–H and O–H groups in total. The van der Waals surface area contributed by atoms with Gasteiger partial charge >= 0.3 is 5.97 Å². The molecule has 114 valence electrons. The van der Waals surface area contributed by atoms with Crippen molar-refractivity contribution in [3.8, 4) is 0 Å². The maximum Gasteiger partial charge on any atom is 0.308 e. The van der Waals surface area contributed by atoms with E-state index in [9.17, 15) is 9.90 Å². The summed E-state index contributed by atoms with van der Waals surface area (Å²) in [6, 6.07) is 9.85. The zero-order valence-electron chi connectivity index (χ0n) is 13.1. The van der Waals surface area contributed by atoms with Crippen molar-refractivity contribution in [3.63, 3.8) is 0 Å². The number of aliphatic carboxylic acids is 1. The molecule has 21 heavy (non-hydrogen) atoms. The third kappa shape index (κ3) is 2.48. The lowest BCUT2D eigenvalue weighted by molar-refractivity contribution is -0.142. The molecule has 4 unspecified atom stereocenters. The van der Waals surface area contributed by atoms with Crippen LogP contribution in [0.15, 0.2) is 24.3 Å². The Labute approximate surface area is 127 Å². The molecular weight excluding hydrogens is 262 g/mol. The van der Waals surface area contributed by atoms with Gasteiger partial charge in [0, 0.05) is 18.1 Å². The number of carboxylic acids is 1. The molecule has 3 rings (SSSR count). The molecule has 1 aromatic carbocycles. The van der Waals surface area contributed by atoms with E-state index in [0.717, 1.165) is 19.3 Å². The first-order valence-corrected chi connectivity index (χ1v) is 8.09. The third-order valence-corrected chi connectivity index (χ3v) is 5.44. The van der Waals surface area contributed by atoms with Crippen LogP contribution < -0.4 is 0 Å². The molecule has 0 radical (unpaired) electrons. The Balaban J connectivity index is 1.79. The van der Waals surface area contributed by atoms with Crippen molar-refractivity contribution in [2.24, 2.45) is 5.92 Å². The van der Waals surface area contributed by atoms with Crippen molar-refractivity contribution < 1.29 is 9.90 Å². The molecule has 0 saturated carbocycles. The first-order valence-electron chi connectivity index (χ1n) is 8.09. The van der Waals surface area contributed by atoms with Crippen LogP contribution in [-0.2, 0) is 4.79 Å². The highest BCUT2D eigenvalue weighted by molar-refractivity contribution is 5.71. The van der Waals surface area contributed by atoms with E-state index in [0.29, 0.717) is 18.0 Å². The summed E-state index contributed by atoms with van der Waals surface area (Å²) in [5, 5.41) is 9.38. The lowest BCUT2D eigenvalue weighted by Gasteiger charge is -2.30. The summed E-state index contributed by atoms with van der Waals surface area (Å²) in [5.41, 5.74) is 2.67. The number of hydrogen-bond acceptors (Lipinski definition) is 2. The highest BCUT2D eigenvalue weighted by atomic mass is 16.4. The smallest absolute Gasteiger partial charge is 0.308 e. The molecule has 3 nitrogen and oxygen atoms in total. The van der Waals surface area contributed by atoms with Gasteiger partial charge in [0.15, 0.2) is 0 Å². The third-order valence-electron chi connectivity index (χ3n) is 5.44. The molecule has 0 aromatic heterocycles. The minimum Gasteiger partial charge on any atom is -0.481 e. The Kier molecular flexibility index (Phi) is 3.78. The van der Waals surface area contributed by atoms with Crippen LogP contribution in [0.4, 0.5) is 0 Å². The molecule has 1 aromatic rings. The van der Waals surface area contributed by atoms with E-state index in [-0.39, 0.29) is 12.0 Å². The minimum atomic E-state index is -0.616. The van der Waals surface area contributed by atoms with Crippen molar-refractivity contribution in [1.29, 1.82) is 0 Å². The van der Waals surface area contributed by atoms with Crippen LogP contribution in [0.5, 0.6) is 0 Å². The second-order valence-corrected chi connectivity index (χ2v) is 6.92. The lowest BCUT2D eigenvalue weighted by atomic mass is 9.89. The van der Waals surface area contributed by atoms with Crippen LogP contribution in [0.1, 0.15) is 63.1 Å². The maximum atomic E-state index is 11.4. The predicted octanol–water partition coefficient (Wildman–Crippen LogP) is 3.81. The van der Waals surface area contributed by atoms with Crippen molar-refractivity contribution in [2.45, 2.75) is 64.1 Å². The SMILES string of the molecule is CC(C)c1ccc(C(C)N2C3CCC2C(C(=O)O)C3)cc1. The van der Waals surface area contributed by atoms with Gasteiger partial charge in [-0.25, -0.2) is 0 Å². The minimum absolute atomic E-state index is 0.166. The fraction of sp³-hybridized carbons (Fsp3) is 0.611. The maximum absolute atomic E-state index is 11.4. The number of nitrogens with zero attached hydrogens (tertiary/aromatic N) is 1. The van der Waals surface area contributed by atoms with E-state index in [2.05, 4.69) is 49.9 Å². The van der Waals surface area contributed by atoms with Crippen molar-refractivity contribution >= 4 is 5.97 Å². The fourth-order valence-electron chi connectivity index (χ4n) is 4.23. The van der Waals surface area contributed by atoms with Gasteiger partial charge in [0.25, 0.3) is 0 Å². The van der Waals surface area contributed by atoms with E-state index >= 15 is 0 Å². The molecule has 0 spiro atoms. The van der Waals surface area contributed by atoms with Crippen molar-refractivity contribution in [1.82, 2.24) is 4.90 Å². The Morgan fingerprint density at radius 1 is 1.14 bits per heavy atom. The largest absolute Gasteiger partial charge is 0.481 e. The van der Waals surface area contributed by atoms with Gasteiger partial charge in [0.1, 0.15) is 0 Å². The van der Waals surface area contributed by atoms with Gasteiger partial charge < -0.3 is 5.11 Å². The monoisotopic (exact) mass is 287 g/mol. The molecule has 2 aliphatic heterocycles. The first-order chi connectivity index (χ1) is 9.99. The highest BCUT2D eigenvalue weighted by Gasteiger charge is 2.50. The summed E-state index contributed by atoms with van der Waals surface area (Å²) >= 11 is 0. The van der Waals surface area contributed by atoms with Gasteiger partial charge in [-0.3, -0.25) is 9.69 Å². The van der Waals surface area contributed by atoms with Crippen LogP contribution in [0.25, 0.3) is 0 Å². The zero-order chi connectivity index (χ0) is 15.1. The Bertz CT molecular complexity index is 523. The first kappa shape index (κ1) is 14.6. The Hall–Kier alpha value is -1.35. The fourth-order valence-corrected chi connectivity index (χ4v) is 4.23. The molecule has 2 aliphatic rings. The predicted molar refractivity (Wildman–Crippen MR) is 83.3 cm³/mol. The van der Waals surface area contributed by atoms with Crippen molar-refractivity contribution in [3.05, 3.63) is 35.4 Å². The summed E-state index contributed by atoms with van der Waals surface area (Å²) in [6.07, 6.45) is 3.02. The van der Waals surface area contributed by atoms with Gasteiger partial charge in [0.2, 0.25) is 0 Å². The molecule has 4 atom stereocenters. The Morgan fingerprint density at radius 2 is 1.76 bits per heavy atom. The number of hydrogen-bond donors (Lipinski definition) is 1. The summed E-state index contributed by atoms with van der Waals surface area (Å²) in [5.74, 6) is -0.232. The van der Waals surface area contributed by atoms with Gasteiger partial charge in [-0.15, -0.1) is 0 Å². The van der Waals surface area contributed by atoms with Gasteiger partial charge in [0.05, 0.1) is 5.92 Å². The standard InChI is InChI=1S/C18H25NO2/c1-11(2)13-4-6-14(7-5-13)12(3)19-15-8-9-17(19)16(10-15)18(20)21/h4-7,11-12,15-17H,8-10H2,1-3H3,(H,20,21). The average Bonchev–Trinajstić information content (AvgIpc) is 3.04. The van der Waals surface area contributed by atoms with Crippen molar-refractivity contribution in [2.75, 3.05) is 0 Å². The second kappa shape index (κ2) is 5.45. The van der Waals surface area contributed by atoms with Crippen LogP contribution in [0.3, 0.4) is 0 Å². The normalized spacial score (nSPS) is 30.0. The number of benzene rings is 1. The topological polar surface area (TPSA) is 40.5 Å². The van der Waals surface area contributed by atoms with Crippen LogP contribution in [0.2, 0.25) is 0 Å². The Morgan fingerprint density at radius 3 is 2.29 bits per heavy atom. The molecule has 2 bridgehead atoms. The number of carbonyl (C=O) groups is 1. The van der Waals surface area contributed by atoms with Crippen LogP contribution in [0, 0.1) is 5.92 Å². The van der Waals surface area contributed by atoms with E-state index in [1.54, 1.807) is 0 Å². The zero-order valence-corrected chi connectivity index (χ0v) is 13.1. The highest BCUT2D eigenvalue weighted by Crippen LogP contribution is 2.46. The van der Waals surface area contributed by atoms with Gasteiger partial charge in [-0.05, 0) is 43.2 Å². The van der Waals surface area contributed by atoms with E-state index in [1.807, 2.05) is 0 Å². The summed E-state index contributed by atoms with van der Waals surface area (Å²) in [4.78, 5) is 13.9. The summed E-state index contributed by atoms with van der Waals surface area (Å²) in [6.45, 7) is 6.63. The molecule has 3 heteroatoms. The molecule has 2 saturated heterocycles. The van der Waals surface area contributed by atoms with Crippen LogP contribution >= 0.6 is 0 Å². The average molecular weight is 287 g/mol. The van der Waals surface area contributed by atoms with E-state index in [1.165, 1.54) is 11.1 Å². The quantitative estimate of drug-likeness (QED) is 0.915. The van der Waals surface area contributed by atoms with Gasteiger partial charge in [-0.2, -0.15) is 0 Å². The molecule has 2 heterocycles. The number of carboxylic acid groups (broad SMARTS) is 1. The summed E-state index contributed by atoms with van der Waals surface area (Å²) in [7, 11) is 0. The van der Waals surface area contributed by atoms with Gasteiger partial charge in [-0.1, -0.05) is 38.1 Å². The second-order valence-electron chi connectivity index (χ2n) is 6.92. The summed E-state index contributed by atoms with van der Waals surface area (Å²) < 4.78 is 0. The molecule has 0 amide bonds. The van der Waals surface area contributed by atoms with Crippen LogP contribution in [-0.4, -0.2) is 28.1 Å². The lowest BCUT2D eigenvalue weighted by Crippen LogP contribution is -2.34. The van der Waals surface area contributed by atoms with E-state index in [4.69, 9.17) is 0 Å². The number of rotatable bonds is 4. The molecule has 2 fully saturated rings. The molecular formula is C18H25NO2. The van der Waals surface area contributed by atoms with E-state index < -0.39 is 5.97 Å².